The van der Waals surface area contributed by atoms with Gasteiger partial charge in [-0.05, 0) is 17.7 Å². The van der Waals surface area contributed by atoms with Gasteiger partial charge in [-0.25, -0.2) is 0 Å². The lowest BCUT2D eigenvalue weighted by Crippen LogP contribution is -2.21. The lowest BCUT2D eigenvalue weighted by Gasteiger charge is -2.11. The number of hydrogen-bond donors (Lipinski definition) is 2. The van der Waals surface area contributed by atoms with E-state index in [4.69, 9.17) is 9.84 Å². The molecule has 0 saturated heterocycles. The Hall–Kier alpha value is -1.06. The van der Waals surface area contributed by atoms with Gasteiger partial charge in [0.2, 0.25) is 0 Å². The summed E-state index contributed by atoms with van der Waals surface area (Å²) in [5, 5.41) is 12.3. The SMILES string of the molecule is CC(CO)COc1ccc(CNC(C)C)cc1. The molecule has 0 aliphatic heterocycles. The van der Waals surface area contributed by atoms with Crippen LogP contribution in [0.2, 0.25) is 0 Å². The van der Waals surface area contributed by atoms with Crippen LogP contribution in [0, 0.1) is 5.92 Å². The lowest BCUT2D eigenvalue weighted by molar-refractivity contribution is 0.174. The summed E-state index contributed by atoms with van der Waals surface area (Å²) in [5.41, 5.74) is 1.25. The highest BCUT2D eigenvalue weighted by Gasteiger charge is 2.01. The molecule has 0 aliphatic rings. The van der Waals surface area contributed by atoms with E-state index in [9.17, 15) is 0 Å². The van der Waals surface area contributed by atoms with Gasteiger partial charge in [0.1, 0.15) is 5.75 Å². The molecule has 2 N–H and O–H groups in total. The third-order valence-corrected chi connectivity index (χ3v) is 2.48. The van der Waals surface area contributed by atoms with Crippen LogP contribution < -0.4 is 10.1 Å². The third-order valence-electron chi connectivity index (χ3n) is 2.48. The van der Waals surface area contributed by atoms with Gasteiger partial charge in [0.15, 0.2) is 0 Å². The van der Waals surface area contributed by atoms with Gasteiger partial charge >= 0.3 is 0 Å². The molecule has 1 rings (SSSR count). The van der Waals surface area contributed by atoms with Crippen LogP contribution in [0.1, 0.15) is 26.3 Å². The quantitative estimate of drug-likeness (QED) is 0.764. The Morgan fingerprint density at radius 3 is 2.35 bits per heavy atom. The molecule has 1 aromatic carbocycles. The van der Waals surface area contributed by atoms with Crippen molar-refractivity contribution in [1.29, 1.82) is 0 Å². The number of benzene rings is 1. The van der Waals surface area contributed by atoms with Crippen LogP contribution in [-0.2, 0) is 6.54 Å². The second kappa shape index (κ2) is 7.30. The fourth-order valence-corrected chi connectivity index (χ4v) is 1.32. The number of rotatable bonds is 7. The van der Waals surface area contributed by atoms with Gasteiger partial charge < -0.3 is 15.2 Å². The van der Waals surface area contributed by atoms with E-state index in [2.05, 4.69) is 31.3 Å². The van der Waals surface area contributed by atoms with Gasteiger partial charge in [0.25, 0.3) is 0 Å². The van der Waals surface area contributed by atoms with Crippen LogP contribution in [0.4, 0.5) is 0 Å². The molecule has 0 bridgehead atoms. The highest BCUT2D eigenvalue weighted by atomic mass is 16.5. The predicted octanol–water partition coefficient (Wildman–Crippen LogP) is 2.19. The van der Waals surface area contributed by atoms with Crippen LogP contribution in [-0.4, -0.2) is 24.4 Å². The zero-order valence-electron chi connectivity index (χ0n) is 10.9. The number of nitrogens with one attached hydrogen (secondary N) is 1. The number of aliphatic hydroxyl groups is 1. The Labute approximate surface area is 104 Å². The van der Waals surface area contributed by atoms with Gasteiger partial charge in [-0.15, -0.1) is 0 Å². The van der Waals surface area contributed by atoms with Crippen molar-refractivity contribution in [2.75, 3.05) is 13.2 Å². The topological polar surface area (TPSA) is 41.5 Å². The molecule has 0 radical (unpaired) electrons. The Morgan fingerprint density at radius 1 is 1.18 bits per heavy atom. The first-order chi connectivity index (χ1) is 8.11. The predicted molar refractivity (Wildman–Crippen MR) is 70.2 cm³/mol. The minimum absolute atomic E-state index is 0.163. The van der Waals surface area contributed by atoms with E-state index in [1.807, 2.05) is 19.1 Å². The van der Waals surface area contributed by atoms with E-state index in [1.165, 1.54) is 5.56 Å². The first kappa shape index (κ1) is 14.0. The second-order valence-corrected chi connectivity index (χ2v) is 4.78. The molecule has 0 fully saturated rings. The lowest BCUT2D eigenvalue weighted by atomic mass is 10.2. The summed E-state index contributed by atoms with van der Waals surface area (Å²) in [6, 6.07) is 8.57. The molecule has 0 aliphatic carbocycles. The molecule has 1 atom stereocenters. The van der Waals surface area contributed by atoms with Crippen LogP contribution in [0.25, 0.3) is 0 Å². The summed E-state index contributed by atoms with van der Waals surface area (Å²) in [4.78, 5) is 0. The Bertz CT molecular complexity index is 309. The molecule has 96 valence electrons. The van der Waals surface area contributed by atoms with Gasteiger partial charge in [-0.3, -0.25) is 0 Å². The summed E-state index contributed by atoms with van der Waals surface area (Å²) in [5.74, 6) is 1.04. The van der Waals surface area contributed by atoms with Crippen LogP contribution >= 0.6 is 0 Å². The van der Waals surface area contributed by atoms with Crippen LogP contribution in [0.3, 0.4) is 0 Å². The zero-order chi connectivity index (χ0) is 12.7. The second-order valence-electron chi connectivity index (χ2n) is 4.78. The highest BCUT2D eigenvalue weighted by molar-refractivity contribution is 5.27. The summed E-state index contributed by atoms with van der Waals surface area (Å²) in [6.07, 6.45) is 0. The molecule has 17 heavy (non-hydrogen) atoms. The maximum atomic E-state index is 8.89. The van der Waals surface area contributed by atoms with Gasteiger partial charge in [0, 0.05) is 25.1 Å². The zero-order valence-corrected chi connectivity index (χ0v) is 10.9. The van der Waals surface area contributed by atoms with Crippen molar-refractivity contribution in [1.82, 2.24) is 5.32 Å². The maximum Gasteiger partial charge on any atom is 0.119 e. The fraction of sp³-hybridized carbons (Fsp3) is 0.571. The standard InChI is InChI=1S/C14H23NO2/c1-11(2)15-8-13-4-6-14(7-5-13)17-10-12(3)9-16/h4-7,11-12,15-16H,8-10H2,1-3H3. The van der Waals surface area contributed by atoms with E-state index >= 15 is 0 Å². The van der Waals surface area contributed by atoms with Gasteiger partial charge in [-0.1, -0.05) is 32.9 Å². The van der Waals surface area contributed by atoms with Crippen molar-refractivity contribution in [2.24, 2.45) is 5.92 Å². The Kier molecular flexibility index (Phi) is 6.01. The van der Waals surface area contributed by atoms with Crippen molar-refractivity contribution in [2.45, 2.75) is 33.4 Å². The molecule has 1 aromatic rings. The van der Waals surface area contributed by atoms with E-state index < -0.39 is 0 Å². The minimum Gasteiger partial charge on any atom is -0.493 e. The largest absolute Gasteiger partial charge is 0.493 e. The Morgan fingerprint density at radius 2 is 1.82 bits per heavy atom. The summed E-state index contributed by atoms with van der Waals surface area (Å²) >= 11 is 0. The summed E-state index contributed by atoms with van der Waals surface area (Å²) < 4.78 is 5.56. The minimum atomic E-state index is 0.163. The van der Waals surface area contributed by atoms with Crippen molar-refractivity contribution >= 4 is 0 Å². The third kappa shape index (κ3) is 5.71. The van der Waals surface area contributed by atoms with Crippen molar-refractivity contribution in [3.8, 4) is 5.75 Å². The normalized spacial score (nSPS) is 12.8. The molecule has 3 heteroatoms. The van der Waals surface area contributed by atoms with E-state index in [0.717, 1.165) is 12.3 Å². The number of aliphatic hydroxyl groups excluding tert-OH is 1. The van der Waals surface area contributed by atoms with Crippen molar-refractivity contribution in [3.63, 3.8) is 0 Å². The molecule has 0 heterocycles. The molecule has 3 nitrogen and oxygen atoms in total. The molecular weight excluding hydrogens is 214 g/mol. The van der Waals surface area contributed by atoms with E-state index in [-0.39, 0.29) is 12.5 Å². The average molecular weight is 237 g/mol. The Balaban J connectivity index is 2.39. The number of ether oxygens (including phenoxy) is 1. The molecule has 0 amide bonds. The number of hydrogen-bond acceptors (Lipinski definition) is 3. The van der Waals surface area contributed by atoms with Gasteiger partial charge in [0.05, 0.1) is 6.61 Å². The first-order valence-corrected chi connectivity index (χ1v) is 6.17. The van der Waals surface area contributed by atoms with E-state index in [1.54, 1.807) is 0 Å². The van der Waals surface area contributed by atoms with Gasteiger partial charge in [-0.2, -0.15) is 0 Å². The van der Waals surface area contributed by atoms with Crippen LogP contribution in [0.15, 0.2) is 24.3 Å². The summed E-state index contributed by atoms with van der Waals surface area (Å²) in [7, 11) is 0. The average Bonchev–Trinajstić information content (AvgIpc) is 2.34. The fourth-order valence-electron chi connectivity index (χ4n) is 1.32. The molecular formula is C14H23NO2. The first-order valence-electron chi connectivity index (χ1n) is 6.17. The highest BCUT2D eigenvalue weighted by Crippen LogP contribution is 2.13. The molecule has 1 unspecified atom stereocenters. The van der Waals surface area contributed by atoms with Crippen molar-refractivity contribution in [3.05, 3.63) is 29.8 Å². The maximum absolute atomic E-state index is 8.89. The van der Waals surface area contributed by atoms with E-state index in [0.29, 0.717) is 12.6 Å². The smallest absolute Gasteiger partial charge is 0.119 e. The molecule has 0 aromatic heterocycles. The summed E-state index contributed by atoms with van der Waals surface area (Å²) in [6.45, 7) is 7.82. The van der Waals surface area contributed by atoms with Crippen molar-refractivity contribution < 1.29 is 9.84 Å². The van der Waals surface area contributed by atoms with Crippen LogP contribution in [0.5, 0.6) is 5.75 Å². The monoisotopic (exact) mass is 237 g/mol. The molecule has 0 spiro atoms. The molecule has 0 saturated carbocycles.